The molecule has 0 atom stereocenters. The highest BCUT2D eigenvalue weighted by molar-refractivity contribution is 6.32. The second kappa shape index (κ2) is 6.31. The minimum absolute atomic E-state index is 0.133. The van der Waals surface area contributed by atoms with Crippen LogP contribution in [0.2, 0.25) is 5.02 Å². The number of hydrogen-bond acceptors (Lipinski definition) is 2. The van der Waals surface area contributed by atoms with Crippen molar-refractivity contribution in [1.82, 2.24) is 5.32 Å². The lowest BCUT2D eigenvalue weighted by atomic mass is 10.00. The summed E-state index contributed by atoms with van der Waals surface area (Å²) in [5.41, 5.74) is 0.925. The molecule has 112 valence electrons. The fourth-order valence-electron chi connectivity index (χ4n) is 2.59. The molecule has 0 heterocycles. The van der Waals surface area contributed by atoms with Gasteiger partial charge in [-0.05, 0) is 43.5 Å². The lowest BCUT2D eigenvalue weighted by molar-refractivity contribution is -0.131. The Morgan fingerprint density at radius 2 is 2.00 bits per heavy atom. The van der Waals surface area contributed by atoms with E-state index in [1.807, 2.05) is 0 Å². The lowest BCUT2D eigenvalue weighted by Gasteiger charge is -2.25. The molecule has 0 spiro atoms. The fraction of sp³-hybridized carbons (Fsp3) is 0.375. The highest BCUT2D eigenvalue weighted by atomic mass is 35.5. The van der Waals surface area contributed by atoms with Gasteiger partial charge in [0, 0.05) is 22.2 Å². The van der Waals surface area contributed by atoms with E-state index >= 15 is 0 Å². The largest absolute Gasteiger partial charge is 0.478 e. The third kappa shape index (κ3) is 4.08. The third-order valence-electron chi connectivity index (χ3n) is 3.79. The van der Waals surface area contributed by atoms with Crippen LogP contribution in [0.25, 0.3) is 6.08 Å². The van der Waals surface area contributed by atoms with Crippen LogP contribution < -0.4 is 5.32 Å². The van der Waals surface area contributed by atoms with E-state index in [2.05, 4.69) is 12.2 Å². The Morgan fingerprint density at radius 3 is 2.57 bits per heavy atom. The van der Waals surface area contributed by atoms with Crippen LogP contribution in [-0.4, -0.2) is 22.5 Å². The predicted molar refractivity (Wildman–Crippen MR) is 82.5 cm³/mol. The van der Waals surface area contributed by atoms with Crippen molar-refractivity contribution in [2.24, 2.45) is 0 Å². The van der Waals surface area contributed by atoms with Gasteiger partial charge in [0.1, 0.15) is 0 Å². The number of aliphatic carboxylic acids is 1. The number of amides is 1. The van der Waals surface area contributed by atoms with E-state index in [1.165, 1.54) is 6.08 Å². The van der Waals surface area contributed by atoms with Gasteiger partial charge in [-0.2, -0.15) is 0 Å². The SMILES string of the molecule is CC1(NC(=O)c2ccc(/C=C/C(=O)O)c(Cl)c2)CCCC1. The molecule has 0 aliphatic heterocycles. The van der Waals surface area contributed by atoms with Crippen LogP contribution in [0.1, 0.15) is 48.5 Å². The molecule has 0 unspecified atom stereocenters. The first-order chi connectivity index (χ1) is 9.89. The van der Waals surface area contributed by atoms with E-state index in [-0.39, 0.29) is 11.4 Å². The maximum atomic E-state index is 12.3. The number of rotatable bonds is 4. The summed E-state index contributed by atoms with van der Waals surface area (Å²) in [4.78, 5) is 22.7. The van der Waals surface area contributed by atoms with E-state index < -0.39 is 5.97 Å². The van der Waals surface area contributed by atoms with Crippen LogP contribution in [0.4, 0.5) is 0 Å². The normalized spacial score (nSPS) is 17.0. The summed E-state index contributed by atoms with van der Waals surface area (Å²) in [5.74, 6) is -1.18. The Bertz CT molecular complexity index is 589. The van der Waals surface area contributed by atoms with Crippen LogP contribution in [0, 0.1) is 0 Å². The molecule has 4 nitrogen and oxygen atoms in total. The Morgan fingerprint density at radius 1 is 1.33 bits per heavy atom. The number of carbonyl (C=O) groups is 2. The quantitative estimate of drug-likeness (QED) is 0.837. The van der Waals surface area contributed by atoms with Crippen LogP contribution >= 0.6 is 11.6 Å². The summed E-state index contributed by atoms with van der Waals surface area (Å²) in [5, 5.41) is 12.0. The van der Waals surface area contributed by atoms with Crippen molar-refractivity contribution in [2.75, 3.05) is 0 Å². The van der Waals surface area contributed by atoms with E-state index in [0.29, 0.717) is 16.1 Å². The molecule has 0 radical (unpaired) electrons. The summed E-state index contributed by atoms with van der Waals surface area (Å²) in [7, 11) is 0. The average molecular weight is 308 g/mol. The Labute approximate surface area is 128 Å². The summed E-state index contributed by atoms with van der Waals surface area (Å²) < 4.78 is 0. The van der Waals surface area contributed by atoms with Gasteiger partial charge in [0.05, 0.1) is 0 Å². The second-order valence-corrected chi connectivity index (χ2v) is 6.04. The average Bonchev–Trinajstić information content (AvgIpc) is 2.83. The molecule has 2 rings (SSSR count). The van der Waals surface area contributed by atoms with Crippen molar-refractivity contribution >= 4 is 29.6 Å². The molecule has 1 amide bonds. The number of halogens is 1. The first-order valence-corrected chi connectivity index (χ1v) is 7.30. The number of nitrogens with one attached hydrogen (secondary N) is 1. The zero-order valence-corrected chi connectivity index (χ0v) is 12.6. The number of benzene rings is 1. The zero-order chi connectivity index (χ0) is 15.5. The highest BCUT2D eigenvalue weighted by Crippen LogP contribution is 2.29. The van der Waals surface area contributed by atoms with Gasteiger partial charge in [0.2, 0.25) is 0 Å². The molecule has 0 saturated heterocycles. The minimum Gasteiger partial charge on any atom is -0.478 e. The molecule has 2 N–H and O–H groups in total. The van der Waals surface area contributed by atoms with Gasteiger partial charge in [0.15, 0.2) is 0 Å². The van der Waals surface area contributed by atoms with Gasteiger partial charge in [-0.3, -0.25) is 4.79 Å². The molecule has 1 saturated carbocycles. The first kappa shape index (κ1) is 15.6. The smallest absolute Gasteiger partial charge is 0.328 e. The fourth-order valence-corrected chi connectivity index (χ4v) is 2.83. The molecule has 0 bridgehead atoms. The molecule has 5 heteroatoms. The van der Waals surface area contributed by atoms with Gasteiger partial charge in [0.25, 0.3) is 5.91 Å². The van der Waals surface area contributed by atoms with Crippen LogP contribution in [0.5, 0.6) is 0 Å². The van der Waals surface area contributed by atoms with Crippen molar-refractivity contribution in [1.29, 1.82) is 0 Å². The lowest BCUT2D eigenvalue weighted by Crippen LogP contribution is -2.43. The topological polar surface area (TPSA) is 66.4 Å². The molecular weight excluding hydrogens is 290 g/mol. The van der Waals surface area contributed by atoms with Gasteiger partial charge < -0.3 is 10.4 Å². The van der Waals surface area contributed by atoms with Gasteiger partial charge in [-0.1, -0.05) is 30.5 Å². The second-order valence-electron chi connectivity index (χ2n) is 5.63. The maximum absolute atomic E-state index is 12.3. The molecule has 1 aromatic rings. The number of carboxylic acid groups (broad SMARTS) is 1. The van der Waals surface area contributed by atoms with Crippen molar-refractivity contribution in [2.45, 2.75) is 38.1 Å². The van der Waals surface area contributed by atoms with Gasteiger partial charge >= 0.3 is 5.97 Å². The van der Waals surface area contributed by atoms with Crippen molar-refractivity contribution in [3.8, 4) is 0 Å². The number of carboxylic acids is 1. The van der Waals surface area contributed by atoms with E-state index in [4.69, 9.17) is 16.7 Å². The molecular formula is C16H18ClNO3. The van der Waals surface area contributed by atoms with Crippen LogP contribution in [0.15, 0.2) is 24.3 Å². The van der Waals surface area contributed by atoms with Gasteiger partial charge in [-0.25, -0.2) is 4.79 Å². The Balaban J connectivity index is 2.12. The zero-order valence-electron chi connectivity index (χ0n) is 11.9. The van der Waals surface area contributed by atoms with Crippen molar-refractivity contribution in [3.63, 3.8) is 0 Å². The van der Waals surface area contributed by atoms with E-state index in [9.17, 15) is 9.59 Å². The van der Waals surface area contributed by atoms with Crippen LogP contribution in [0.3, 0.4) is 0 Å². The monoisotopic (exact) mass is 307 g/mol. The van der Waals surface area contributed by atoms with Crippen molar-refractivity contribution < 1.29 is 14.7 Å². The van der Waals surface area contributed by atoms with E-state index in [1.54, 1.807) is 18.2 Å². The standard InChI is InChI=1S/C16H18ClNO3/c1-16(8-2-3-9-16)18-15(21)12-5-4-11(13(17)10-12)6-7-14(19)20/h4-7,10H,2-3,8-9H2,1H3,(H,18,21)(H,19,20)/b7-6+. The summed E-state index contributed by atoms with van der Waals surface area (Å²) in [6, 6.07) is 4.87. The van der Waals surface area contributed by atoms with Crippen LogP contribution in [-0.2, 0) is 4.79 Å². The summed E-state index contributed by atoms with van der Waals surface area (Å²) in [6.45, 7) is 2.06. The molecule has 1 aromatic carbocycles. The molecule has 1 fully saturated rings. The molecule has 0 aromatic heterocycles. The Kier molecular flexibility index (Phi) is 4.68. The maximum Gasteiger partial charge on any atom is 0.328 e. The summed E-state index contributed by atoms with van der Waals surface area (Å²) in [6.07, 6.45) is 6.68. The minimum atomic E-state index is -1.04. The molecule has 1 aliphatic carbocycles. The predicted octanol–water partition coefficient (Wildman–Crippen LogP) is 3.50. The number of carbonyl (C=O) groups excluding carboxylic acids is 1. The van der Waals surface area contributed by atoms with E-state index in [0.717, 1.165) is 31.8 Å². The number of hydrogen-bond donors (Lipinski definition) is 2. The summed E-state index contributed by atoms with van der Waals surface area (Å²) >= 11 is 6.08. The third-order valence-corrected chi connectivity index (χ3v) is 4.12. The van der Waals surface area contributed by atoms with Gasteiger partial charge in [-0.15, -0.1) is 0 Å². The highest BCUT2D eigenvalue weighted by Gasteiger charge is 2.30. The Hall–Kier alpha value is -1.81. The molecule has 1 aliphatic rings. The first-order valence-electron chi connectivity index (χ1n) is 6.93. The molecule has 21 heavy (non-hydrogen) atoms. The van der Waals surface area contributed by atoms with Crippen molar-refractivity contribution in [3.05, 3.63) is 40.4 Å².